The summed E-state index contributed by atoms with van der Waals surface area (Å²) in [4.78, 5) is 2.00. The summed E-state index contributed by atoms with van der Waals surface area (Å²) in [6.07, 6.45) is 0.916. The minimum atomic E-state index is -0.244. The third-order valence-corrected chi connectivity index (χ3v) is 2.69. The molecule has 4 heteroatoms. The van der Waals surface area contributed by atoms with Crippen LogP contribution in [0.4, 0.5) is 10.1 Å². The van der Waals surface area contributed by atoms with Gasteiger partial charge < -0.3 is 9.64 Å². The molecule has 0 aliphatic rings. The molecule has 0 heterocycles. The highest BCUT2D eigenvalue weighted by Gasteiger charge is 2.04. The van der Waals surface area contributed by atoms with Crippen molar-refractivity contribution in [3.63, 3.8) is 0 Å². The highest BCUT2D eigenvalue weighted by atomic mass is 35.5. The maximum Gasteiger partial charge on any atom is 0.125 e. The van der Waals surface area contributed by atoms with Crippen molar-refractivity contribution in [3.05, 3.63) is 29.6 Å². The molecule has 0 unspecified atom stereocenters. The molecule has 0 radical (unpaired) electrons. The SMILES string of the molecule is COCCCN(C)c1cc(F)cc(CCl)c1. The number of ether oxygens (including phenoxy) is 1. The molecule has 90 valence electrons. The summed E-state index contributed by atoms with van der Waals surface area (Å²) in [5.74, 6) is 0.0863. The lowest BCUT2D eigenvalue weighted by molar-refractivity contribution is 0.196. The first-order chi connectivity index (χ1) is 7.67. The molecule has 0 bridgehead atoms. The van der Waals surface area contributed by atoms with E-state index in [0.29, 0.717) is 12.5 Å². The number of hydrogen-bond acceptors (Lipinski definition) is 2. The monoisotopic (exact) mass is 245 g/mol. The van der Waals surface area contributed by atoms with Crippen molar-refractivity contribution in [2.45, 2.75) is 12.3 Å². The number of rotatable bonds is 6. The van der Waals surface area contributed by atoms with Gasteiger partial charge in [0.25, 0.3) is 0 Å². The number of nitrogens with zero attached hydrogens (tertiary/aromatic N) is 1. The Labute approximate surface area is 101 Å². The lowest BCUT2D eigenvalue weighted by Gasteiger charge is -2.19. The van der Waals surface area contributed by atoms with Gasteiger partial charge in [0, 0.05) is 38.9 Å². The first-order valence-corrected chi connectivity index (χ1v) is 5.76. The van der Waals surface area contributed by atoms with Gasteiger partial charge in [0.2, 0.25) is 0 Å². The number of halogens is 2. The second-order valence-electron chi connectivity index (χ2n) is 3.72. The van der Waals surface area contributed by atoms with Crippen molar-refractivity contribution in [2.24, 2.45) is 0 Å². The third kappa shape index (κ3) is 3.99. The van der Waals surface area contributed by atoms with Crippen LogP contribution >= 0.6 is 11.6 Å². The number of alkyl halides is 1. The van der Waals surface area contributed by atoms with Gasteiger partial charge >= 0.3 is 0 Å². The summed E-state index contributed by atoms with van der Waals surface area (Å²) in [6, 6.07) is 4.88. The highest BCUT2D eigenvalue weighted by Crippen LogP contribution is 2.18. The van der Waals surface area contributed by atoms with Crippen LogP contribution in [0.1, 0.15) is 12.0 Å². The molecule has 0 aliphatic heterocycles. The summed E-state index contributed by atoms with van der Waals surface area (Å²) in [7, 11) is 3.61. The van der Waals surface area contributed by atoms with Gasteiger partial charge in [-0.25, -0.2) is 4.39 Å². The Morgan fingerprint density at radius 3 is 2.75 bits per heavy atom. The molecule has 0 atom stereocenters. The van der Waals surface area contributed by atoms with Gasteiger partial charge in [-0.05, 0) is 30.2 Å². The fourth-order valence-electron chi connectivity index (χ4n) is 1.51. The van der Waals surface area contributed by atoms with E-state index in [0.717, 1.165) is 24.2 Å². The van der Waals surface area contributed by atoms with E-state index in [1.165, 1.54) is 12.1 Å². The number of methoxy groups -OCH3 is 1. The molecule has 0 spiro atoms. The maximum absolute atomic E-state index is 13.3. The van der Waals surface area contributed by atoms with E-state index in [1.807, 2.05) is 18.0 Å². The van der Waals surface area contributed by atoms with E-state index in [4.69, 9.17) is 16.3 Å². The van der Waals surface area contributed by atoms with E-state index in [-0.39, 0.29) is 5.82 Å². The highest BCUT2D eigenvalue weighted by molar-refractivity contribution is 6.17. The van der Waals surface area contributed by atoms with Gasteiger partial charge in [-0.15, -0.1) is 11.6 Å². The average molecular weight is 246 g/mol. The zero-order chi connectivity index (χ0) is 12.0. The molecule has 0 saturated heterocycles. The number of hydrogen-bond donors (Lipinski definition) is 0. The van der Waals surface area contributed by atoms with Crippen LogP contribution in [-0.4, -0.2) is 27.3 Å². The van der Waals surface area contributed by atoms with Crippen molar-refractivity contribution in [2.75, 3.05) is 32.2 Å². The zero-order valence-electron chi connectivity index (χ0n) is 9.67. The molecule has 0 fully saturated rings. The lowest BCUT2D eigenvalue weighted by Crippen LogP contribution is -2.20. The van der Waals surface area contributed by atoms with Crippen LogP contribution < -0.4 is 4.90 Å². The summed E-state index contributed by atoms with van der Waals surface area (Å²) in [5, 5.41) is 0. The molecular formula is C12H17ClFNO. The second-order valence-corrected chi connectivity index (χ2v) is 3.99. The van der Waals surface area contributed by atoms with Crippen molar-refractivity contribution in [1.29, 1.82) is 0 Å². The van der Waals surface area contributed by atoms with E-state index >= 15 is 0 Å². The topological polar surface area (TPSA) is 12.5 Å². The number of benzene rings is 1. The predicted molar refractivity (Wildman–Crippen MR) is 65.7 cm³/mol. The molecule has 0 N–H and O–H groups in total. The molecule has 0 aromatic heterocycles. The Morgan fingerprint density at radius 1 is 1.38 bits per heavy atom. The fourth-order valence-corrected chi connectivity index (χ4v) is 1.66. The molecule has 16 heavy (non-hydrogen) atoms. The van der Waals surface area contributed by atoms with Crippen LogP contribution in [0.3, 0.4) is 0 Å². The quantitative estimate of drug-likeness (QED) is 0.564. The van der Waals surface area contributed by atoms with Crippen LogP contribution in [0.25, 0.3) is 0 Å². The van der Waals surface area contributed by atoms with Crippen molar-refractivity contribution in [1.82, 2.24) is 0 Å². The molecule has 1 aromatic rings. The molecule has 0 aliphatic carbocycles. The molecule has 0 amide bonds. The fraction of sp³-hybridized carbons (Fsp3) is 0.500. The average Bonchev–Trinajstić information content (AvgIpc) is 2.28. The molecule has 1 rings (SSSR count). The third-order valence-electron chi connectivity index (χ3n) is 2.38. The van der Waals surface area contributed by atoms with Gasteiger partial charge in [0.05, 0.1) is 0 Å². The Balaban J connectivity index is 2.66. The van der Waals surface area contributed by atoms with E-state index < -0.39 is 0 Å². The summed E-state index contributed by atoms with van der Waals surface area (Å²) in [5.41, 5.74) is 1.65. The Kier molecular flexibility index (Phi) is 5.56. The van der Waals surface area contributed by atoms with Crippen molar-refractivity contribution < 1.29 is 9.13 Å². The van der Waals surface area contributed by atoms with Crippen LogP contribution in [0.15, 0.2) is 18.2 Å². The maximum atomic E-state index is 13.3. The molecule has 0 saturated carbocycles. The lowest BCUT2D eigenvalue weighted by atomic mass is 10.2. The van der Waals surface area contributed by atoms with Gasteiger partial charge in [0.15, 0.2) is 0 Å². The molecular weight excluding hydrogens is 229 g/mol. The predicted octanol–water partition coefficient (Wildman–Crippen LogP) is 3.04. The van der Waals surface area contributed by atoms with Gasteiger partial charge in [-0.3, -0.25) is 0 Å². The van der Waals surface area contributed by atoms with Gasteiger partial charge in [0.1, 0.15) is 5.82 Å². The van der Waals surface area contributed by atoms with Gasteiger partial charge in [-0.1, -0.05) is 0 Å². The first-order valence-electron chi connectivity index (χ1n) is 5.23. The largest absolute Gasteiger partial charge is 0.385 e. The Morgan fingerprint density at radius 2 is 2.12 bits per heavy atom. The normalized spacial score (nSPS) is 10.5. The van der Waals surface area contributed by atoms with Gasteiger partial charge in [-0.2, -0.15) is 0 Å². The smallest absolute Gasteiger partial charge is 0.125 e. The van der Waals surface area contributed by atoms with E-state index in [2.05, 4.69) is 0 Å². The van der Waals surface area contributed by atoms with Crippen molar-refractivity contribution >= 4 is 17.3 Å². The second kappa shape index (κ2) is 6.71. The van der Waals surface area contributed by atoms with Crippen LogP contribution in [-0.2, 0) is 10.6 Å². The van der Waals surface area contributed by atoms with E-state index in [9.17, 15) is 4.39 Å². The minimum Gasteiger partial charge on any atom is -0.385 e. The number of anilines is 1. The standard InChI is InChI=1S/C12H17ClFNO/c1-15(4-3-5-16-2)12-7-10(9-13)6-11(14)8-12/h6-8H,3-5,9H2,1-2H3. The summed E-state index contributed by atoms with van der Waals surface area (Å²) in [6.45, 7) is 1.54. The van der Waals surface area contributed by atoms with Crippen LogP contribution in [0.5, 0.6) is 0 Å². The summed E-state index contributed by atoms with van der Waals surface area (Å²) < 4.78 is 18.2. The van der Waals surface area contributed by atoms with Crippen LogP contribution in [0.2, 0.25) is 0 Å². The minimum absolute atomic E-state index is 0.244. The van der Waals surface area contributed by atoms with E-state index in [1.54, 1.807) is 7.11 Å². The van der Waals surface area contributed by atoms with Crippen molar-refractivity contribution in [3.8, 4) is 0 Å². The zero-order valence-corrected chi connectivity index (χ0v) is 10.4. The Hall–Kier alpha value is -0.800. The molecule has 2 nitrogen and oxygen atoms in total. The first kappa shape index (κ1) is 13.3. The summed E-state index contributed by atoms with van der Waals surface area (Å²) >= 11 is 5.70. The molecule has 1 aromatic carbocycles. The Bertz CT molecular complexity index is 333. The van der Waals surface area contributed by atoms with Crippen LogP contribution in [0, 0.1) is 5.82 Å².